The summed E-state index contributed by atoms with van der Waals surface area (Å²) in [5.41, 5.74) is 2.02. The first kappa shape index (κ1) is 19.8. The molecule has 6 heteroatoms. The summed E-state index contributed by atoms with van der Waals surface area (Å²) in [6, 6.07) is 11.7. The SMILES string of the molecule is CCOC(=O)C[C@H](N[S@](=O)C(C)(C)C)c1cccc(-c2cccs2)c1. The van der Waals surface area contributed by atoms with Crippen LogP contribution in [0.25, 0.3) is 10.4 Å². The van der Waals surface area contributed by atoms with Gasteiger partial charge in [-0.05, 0) is 56.3 Å². The van der Waals surface area contributed by atoms with E-state index in [-0.39, 0.29) is 18.4 Å². The molecule has 0 spiro atoms. The van der Waals surface area contributed by atoms with Gasteiger partial charge in [-0.3, -0.25) is 4.79 Å². The number of carbonyl (C=O) groups is 1. The summed E-state index contributed by atoms with van der Waals surface area (Å²) < 4.78 is 20.3. The summed E-state index contributed by atoms with van der Waals surface area (Å²) in [7, 11) is -1.29. The fourth-order valence-electron chi connectivity index (χ4n) is 2.27. The summed E-state index contributed by atoms with van der Waals surface area (Å²) >= 11 is 1.66. The predicted octanol–water partition coefficient (Wildman–Crippen LogP) is 4.46. The smallest absolute Gasteiger partial charge is 0.307 e. The third-order valence-corrected chi connectivity index (χ3v) is 6.11. The molecule has 0 aliphatic heterocycles. The van der Waals surface area contributed by atoms with Crippen molar-refractivity contribution in [1.82, 2.24) is 4.72 Å². The van der Waals surface area contributed by atoms with Crippen molar-refractivity contribution in [3.63, 3.8) is 0 Å². The van der Waals surface area contributed by atoms with Crippen LogP contribution >= 0.6 is 11.3 Å². The van der Waals surface area contributed by atoms with E-state index in [4.69, 9.17) is 4.74 Å². The number of thiophene rings is 1. The van der Waals surface area contributed by atoms with Crippen molar-refractivity contribution in [3.05, 3.63) is 47.3 Å². The van der Waals surface area contributed by atoms with Gasteiger partial charge in [0, 0.05) is 4.88 Å². The Hall–Kier alpha value is -1.50. The lowest BCUT2D eigenvalue weighted by atomic mass is 10.0. The van der Waals surface area contributed by atoms with Crippen LogP contribution in [0.4, 0.5) is 0 Å². The molecule has 25 heavy (non-hydrogen) atoms. The van der Waals surface area contributed by atoms with Crippen LogP contribution in [0.15, 0.2) is 41.8 Å². The van der Waals surface area contributed by atoms with Gasteiger partial charge in [-0.15, -0.1) is 11.3 Å². The van der Waals surface area contributed by atoms with E-state index in [2.05, 4.69) is 10.8 Å². The van der Waals surface area contributed by atoms with E-state index < -0.39 is 15.7 Å². The highest BCUT2D eigenvalue weighted by molar-refractivity contribution is 7.84. The topological polar surface area (TPSA) is 55.4 Å². The summed E-state index contributed by atoms with van der Waals surface area (Å²) in [4.78, 5) is 13.2. The third-order valence-electron chi connectivity index (χ3n) is 3.58. The first-order valence-electron chi connectivity index (χ1n) is 8.28. The zero-order valence-corrected chi connectivity index (χ0v) is 16.7. The fourth-order valence-corrected chi connectivity index (χ4v) is 3.83. The maximum Gasteiger partial charge on any atom is 0.307 e. The van der Waals surface area contributed by atoms with Crippen LogP contribution in [0.2, 0.25) is 0 Å². The van der Waals surface area contributed by atoms with Crippen LogP contribution in [-0.4, -0.2) is 21.5 Å². The molecule has 0 bridgehead atoms. The van der Waals surface area contributed by atoms with Crippen LogP contribution < -0.4 is 4.72 Å². The Labute approximate surface area is 156 Å². The minimum absolute atomic E-state index is 0.142. The van der Waals surface area contributed by atoms with Gasteiger partial charge in [0.15, 0.2) is 0 Å². The Balaban J connectivity index is 2.29. The summed E-state index contributed by atoms with van der Waals surface area (Å²) in [5, 5.41) is 2.03. The largest absolute Gasteiger partial charge is 0.466 e. The molecule has 2 atom stereocenters. The molecule has 4 nitrogen and oxygen atoms in total. The van der Waals surface area contributed by atoms with E-state index in [1.165, 1.54) is 0 Å². The zero-order valence-electron chi connectivity index (χ0n) is 15.1. The standard InChI is InChI=1S/C19H25NO3S2/c1-5-23-18(21)13-16(20-25(22)19(2,3)4)14-8-6-9-15(12-14)17-10-7-11-24-17/h6-12,16,20H,5,13H2,1-4H3/t16-,25+/m0/s1. The van der Waals surface area contributed by atoms with Crippen molar-refractivity contribution in [2.45, 2.75) is 44.9 Å². The van der Waals surface area contributed by atoms with Crippen LogP contribution in [0.1, 0.15) is 45.7 Å². The molecule has 0 amide bonds. The van der Waals surface area contributed by atoms with E-state index in [1.54, 1.807) is 18.3 Å². The van der Waals surface area contributed by atoms with E-state index in [0.29, 0.717) is 6.61 Å². The second kappa shape index (κ2) is 8.74. The average Bonchev–Trinajstić information content (AvgIpc) is 3.08. The first-order chi connectivity index (χ1) is 11.8. The monoisotopic (exact) mass is 379 g/mol. The van der Waals surface area contributed by atoms with Crippen molar-refractivity contribution in [2.75, 3.05) is 6.61 Å². The molecule has 1 heterocycles. The van der Waals surface area contributed by atoms with Crippen LogP contribution in [0, 0.1) is 0 Å². The van der Waals surface area contributed by atoms with E-state index in [1.807, 2.05) is 56.5 Å². The number of benzene rings is 1. The Morgan fingerprint density at radius 3 is 2.64 bits per heavy atom. The van der Waals surface area contributed by atoms with Gasteiger partial charge in [0.1, 0.15) is 0 Å². The number of esters is 1. The molecule has 0 aliphatic carbocycles. The molecule has 136 valence electrons. The van der Waals surface area contributed by atoms with Gasteiger partial charge in [-0.25, -0.2) is 8.93 Å². The molecule has 0 radical (unpaired) electrons. The third kappa shape index (κ3) is 5.76. The number of hydrogen-bond donors (Lipinski definition) is 1. The van der Waals surface area contributed by atoms with E-state index in [0.717, 1.165) is 16.0 Å². The second-order valence-electron chi connectivity index (χ2n) is 6.66. The van der Waals surface area contributed by atoms with Gasteiger partial charge in [-0.2, -0.15) is 0 Å². The van der Waals surface area contributed by atoms with Gasteiger partial charge in [0.2, 0.25) is 0 Å². The Morgan fingerprint density at radius 2 is 2.04 bits per heavy atom. The quantitative estimate of drug-likeness (QED) is 0.723. The molecule has 1 aromatic carbocycles. The summed E-state index contributed by atoms with van der Waals surface area (Å²) in [6.45, 7) is 7.83. The van der Waals surface area contributed by atoms with E-state index in [9.17, 15) is 9.00 Å². The first-order valence-corrected chi connectivity index (χ1v) is 10.3. The molecular formula is C19H25NO3S2. The van der Waals surface area contributed by atoms with Crippen molar-refractivity contribution < 1.29 is 13.7 Å². The molecule has 0 unspecified atom stereocenters. The van der Waals surface area contributed by atoms with Crippen LogP contribution in [0.3, 0.4) is 0 Å². The lowest BCUT2D eigenvalue weighted by Gasteiger charge is -2.24. The normalized spacial score (nSPS) is 14.1. The molecule has 0 saturated heterocycles. The van der Waals surface area contributed by atoms with Crippen molar-refractivity contribution >= 4 is 28.3 Å². The molecular weight excluding hydrogens is 354 g/mol. The lowest BCUT2D eigenvalue weighted by molar-refractivity contribution is -0.143. The number of hydrogen-bond acceptors (Lipinski definition) is 4. The van der Waals surface area contributed by atoms with Gasteiger partial charge in [0.05, 0.1) is 34.8 Å². The molecule has 0 saturated carbocycles. The average molecular weight is 380 g/mol. The Bertz CT molecular complexity index is 721. The maximum atomic E-state index is 12.6. The number of carbonyl (C=O) groups excluding carboxylic acids is 1. The molecule has 1 aromatic heterocycles. The number of ether oxygens (including phenoxy) is 1. The van der Waals surface area contributed by atoms with Crippen molar-refractivity contribution in [3.8, 4) is 10.4 Å². The van der Waals surface area contributed by atoms with Gasteiger partial charge >= 0.3 is 5.97 Å². The van der Waals surface area contributed by atoms with E-state index >= 15 is 0 Å². The molecule has 1 N–H and O–H groups in total. The molecule has 0 fully saturated rings. The number of nitrogens with one attached hydrogen (secondary N) is 1. The molecule has 2 rings (SSSR count). The van der Waals surface area contributed by atoms with Gasteiger partial charge in [0.25, 0.3) is 0 Å². The van der Waals surface area contributed by atoms with Crippen LogP contribution in [0.5, 0.6) is 0 Å². The van der Waals surface area contributed by atoms with Gasteiger partial charge < -0.3 is 4.74 Å². The molecule has 2 aromatic rings. The fraction of sp³-hybridized carbons (Fsp3) is 0.421. The van der Waals surface area contributed by atoms with Gasteiger partial charge in [-0.1, -0.05) is 24.3 Å². The highest BCUT2D eigenvalue weighted by atomic mass is 32.2. The predicted molar refractivity (Wildman–Crippen MR) is 105 cm³/mol. The van der Waals surface area contributed by atoms with Crippen molar-refractivity contribution in [1.29, 1.82) is 0 Å². The highest BCUT2D eigenvalue weighted by Crippen LogP contribution is 2.29. The van der Waals surface area contributed by atoms with Crippen molar-refractivity contribution in [2.24, 2.45) is 0 Å². The summed E-state index contributed by atoms with van der Waals surface area (Å²) in [6.07, 6.45) is 0.142. The second-order valence-corrected chi connectivity index (χ2v) is 9.61. The minimum Gasteiger partial charge on any atom is -0.466 e. The summed E-state index contributed by atoms with van der Waals surface area (Å²) in [5.74, 6) is -0.299. The lowest BCUT2D eigenvalue weighted by Crippen LogP contribution is -2.36. The minimum atomic E-state index is -1.29. The van der Waals surface area contributed by atoms with Crippen LogP contribution in [-0.2, 0) is 20.5 Å². The highest BCUT2D eigenvalue weighted by Gasteiger charge is 2.25. The Kier molecular flexibility index (Phi) is 6.93. The zero-order chi connectivity index (χ0) is 18.4. The Morgan fingerprint density at radius 1 is 1.28 bits per heavy atom. The number of rotatable bonds is 7. The maximum absolute atomic E-state index is 12.6. The molecule has 0 aliphatic rings.